The molecule has 2 aromatic carbocycles. The van der Waals surface area contributed by atoms with Crippen LogP contribution in [-0.4, -0.2) is 58.6 Å². The number of nitrogens with zero attached hydrogens (tertiary/aromatic N) is 1. The zero-order valence-corrected chi connectivity index (χ0v) is 20.7. The number of pyridine rings is 1. The molecule has 0 aliphatic rings. The van der Waals surface area contributed by atoms with Gasteiger partial charge in [0.05, 0.1) is 64.8 Å². The van der Waals surface area contributed by atoms with Crippen LogP contribution in [0.4, 0.5) is 0 Å². The van der Waals surface area contributed by atoms with E-state index in [0.717, 1.165) is 0 Å². The molecule has 0 N–H and O–H groups in total. The molecule has 0 saturated heterocycles. The van der Waals surface area contributed by atoms with Gasteiger partial charge in [0.25, 0.3) is 0 Å². The topological polar surface area (TPSA) is 102 Å². The highest BCUT2D eigenvalue weighted by atomic mass is 16.5. The van der Waals surface area contributed by atoms with Gasteiger partial charge >= 0.3 is 11.9 Å². The summed E-state index contributed by atoms with van der Waals surface area (Å²) in [5, 5.41) is 0.602. The Labute approximate surface area is 203 Å². The second-order valence-electron chi connectivity index (χ2n) is 7.30. The molecule has 0 aliphatic heterocycles. The summed E-state index contributed by atoms with van der Waals surface area (Å²) in [6.45, 7) is 3.77. The Morgan fingerprint density at radius 1 is 0.771 bits per heavy atom. The van der Waals surface area contributed by atoms with Crippen molar-refractivity contribution in [3.05, 3.63) is 41.6 Å². The lowest BCUT2D eigenvalue weighted by molar-refractivity contribution is -0.142. The van der Waals surface area contributed by atoms with Gasteiger partial charge in [-0.3, -0.25) is 9.78 Å². The van der Waals surface area contributed by atoms with Gasteiger partial charge in [-0.15, -0.1) is 0 Å². The first-order valence-electron chi connectivity index (χ1n) is 11.1. The number of carbonyl (C=O) groups is 2. The largest absolute Gasteiger partial charge is 0.493 e. The lowest BCUT2D eigenvalue weighted by Gasteiger charge is -2.19. The predicted octanol–water partition coefficient (Wildman–Crippen LogP) is 4.22. The lowest BCUT2D eigenvalue weighted by atomic mass is 9.92. The minimum atomic E-state index is -0.610. The third-order valence-corrected chi connectivity index (χ3v) is 5.33. The van der Waals surface area contributed by atoms with E-state index in [0.29, 0.717) is 45.0 Å². The number of benzene rings is 2. The number of rotatable bonds is 10. The van der Waals surface area contributed by atoms with Crippen LogP contribution >= 0.6 is 0 Å². The number of carbonyl (C=O) groups excluding carboxylic acids is 2. The zero-order valence-electron chi connectivity index (χ0n) is 20.7. The number of methoxy groups -OCH3 is 4. The van der Waals surface area contributed by atoms with E-state index in [-0.39, 0.29) is 30.9 Å². The first kappa shape index (κ1) is 25.6. The van der Waals surface area contributed by atoms with Crippen LogP contribution in [0.1, 0.15) is 29.9 Å². The molecule has 35 heavy (non-hydrogen) atoms. The van der Waals surface area contributed by atoms with E-state index >= 15 is 0 Å². The summed E-state index contributed by atoms with van der Waals surface area (Å²) < 4.78 is 32.3. The first-order valence-corrected chi connectivity index (χ1v) is 11.1. The summed E-state index contributed by atoms with van der Waals surface area (Å²) in [7, 11) is 6.11. The van der Waals surface area contributed by atoms with Gasteiger partial charge < -0.3 is 28.4 Å². The maximum atomic E-state index is 13.3. The molecular formula is C26H29NO8. The highest BCUT2D eigenvalue weighted by molar-refractivity contribution is 6.09. The number of esters is 2. The van der Waals surface area contributed by atoms with E-state index in [4.69, 9.17) is 28.4 Å². The average molecular weight is 484 g/mol. The van der Waals surface area contributed by atoms with E-state index in [1.807, 2.05) is 0 Å². The van der Waals surface area contributed by atoms with Crippen molar-refractivity contribution in [2.45, 2.75) is 20.3 Å². The molecule has 0 unspecified atom stereocenters. The van der Waals surface area contributed by atoms with Crippen molar-refractivity contribution in [3.8, 4) is 34.1 Å². The van der Waals surface area contributed by atoms with Crippen molar-refractivity contribution < 1.29 is 38.0 Å². The van der Waals surface area contributed by atoms with Crippen LogP contribution in [0.5, 0.6) is 23.0 Å². The van der Waals surface area contributed by atoms with Gasteiger partial charge in [0.1, 0.15) is 0 Å². The number of fused-ring (bicyclic) bond motifs is 1. The Kier molecular flexibility index (Phi) is 8.35. The van der Waals surface area contributed by atoms with Crippen molar-refractivity contribution in [1.29, 1.82) is 0 Å². The van der Waals surface area contributed by atoms with Gasteiger partial charge in [-0.25, -0.2) is 4.79 Å². The highest BCUT2D eigenvalue weighted by Crippen LogP contribution is 2.41. The number of hydrogen-bond donors (Lipinski definition) is 0. The molecule has 3 aromatic rings. The second kappa shape index (κ2) is 11.4. The van der Waals surface area contributed by atoms with Crippen LogP contribution in [0.25, 0.3) is 22.0 Å². The molecule has 0 atom stereocenters. The predicted molar refractivity (Wildman–Crippen MR) is 130 cm³/mol. The molecular weight excluding hydrogens is 454 g/mol. The van der Waals surface area contributed by atoms with Crippen LogP contribution in [0.2, 0.25) is 0 Å². The fourth-order valence-electron chi connectivity index (χ4n) is 3.83. The summed E-state index contributed by atoms with van der Waals surface area (Å²) >= 11 is 0. The van der Waals surface area contributed by atoms with Gasteiger partial charge in [-0.05, 0) is 37.6 Å². The maximum Gasteiger partial charge on any atom is 0.340 e. The summed E-state index contributed by atoms with van der Waals surface area (Å²) in [6.07, 6.45) is -0.216. The number of hydrogen-bond acceptors (Lipinski definition) is 9. The maximum absolute atomic E-state index is 13.3. The Morgan fingerprint density at radius 2 is 1.37 bits per heavy atom. The fraction of sp³-hybridized carbons (Fsp3) is 0.346. The molecule has 0 fully saturated rings. The minimum absolute atomic E-state index is 0.146. The molecule has 9 heteroatoms. The minimum Gasteiger partial charge on any atom is -0.493 e. The van der Waals surface area contributed by atoms with E-state index in [2.05, 4.69) is 4.98 Å². The van der Waals surface area contributed by atoms with E-state index in [1.165, 1.54) is 28.4 Å². The number of aromatic nitrogens is 1. The van der Waals surface area contributed by atoms with E-state index in [9.17, 15) is 9.59 Å². The summed E-state index contributed by atoms with van der Waals surface area (Å²) in [5.41, 5.74) is 2.03. The molecule has 3 rings (SSSR count). The quantitative estimate of drug-likeness (QED) is 0.392. The Hall–Kier alpha value is -4.01. The normalized spacial score (nSPS) is 10.6. The van der Waals surface area contributed by atoms with E-state index < -0.39 is 11.9 Å². The third-order valence-electron chi connectivity index (χ3n) is 5.33. The molecule has 9 nitrogen and oxygen atoms in total. The van der Waals surface area contributed by atoms with Crippen LogP contribution in [0.15, 0.2) is 30.3 Å². The van der Waals surface area contributed by atoms with Gasteiger partial charge in [0.2, 0.25) is 0 Å². The molecule has 1 aromatic heterocycles. The van der Waals surface area contributed by atoms with Crippen LogP contribution in [-0.2, 0) is 20.7 Å². The van der Waals surface area contributed by atoms with Crippen molar-refractivity contribution in [1.82, 2.24) is 4.98 Å². The molecule has 1 heterocycles. The smallest absolute Gasteiger partial charge is 0.340 e. The molecule has 0 spiro atoms. The van der Waals surface area contributed by atoms with Gasteiger partial charge in [-0.1, -0.05) is 6.07 Å². The SMILES string of the molecule is CCOC(=O)Cc1nc2cc(OC)c(OC)cc2c(-c2ccc(OC)c(OC)c2)c1C(=O)OCC. The van der Waals surface area contributed by atoms with Gasteiger partial charge in [0, 0.05) is 17.0 Å². The van der Waals surface area contributed by atoms with Gasteiger partial charge in [0.15, 0.2) is 23.0 Å². The monoisotopic (exact) mass is 483 g/mol. The van der Waals surface area contributed by atoms with Crippen molar-refractivity contribution in [2.24, 2.45) is 0 Å². The number of ether oxygens (including phenoxy) is 6. The standard InChI is InChI=1S/C26H29NO8/c1-7-34-23(28)14-18-25(26(29)35-8-2)24(15-9-10-19(30-3)20(11-15)31-4)16-12-21(32-5)22(33-6)13-17(16)27-18/h9-13H,7-8,14H2,1-6H3. The summed E-state index contributed by atoms with van der Waals surface area (Å²) in [6, 6.07) is 8.72. The Bertz CT molecular complexity index is 1240. The van der Waals surface area contributed by atoms with Gasteiger partial charge in [-0.2, -0.15) is 0 Å². The highest BCUT2D eigenvalue weighted by Gasteiger charge is 2.27. The van der Waals surface area contributed by atoms with E-state index in [1.54, 1.807) is 44.2 Å². The Balaban J connectivity index is 2.46. The van der Waals surface area contributed by atoms with Crippen molar-refractivity contribution in [3.63, 3.8) is 0 Å². The molecule has 0 radical (unpaired) electrons. The molecule has 0 saturated carbocycles. The third kappa shape index (κ3) is 5.24. The fourth-order valence-corrected chi connectivity index (χ4v) is 3.83. The summed E-state index contributed by atoms with van der Waals surface area (Å²) in [5.74, 6) is 0.785. The zero-order chi connectivity index (χ0) is 25.5. The molecule has 0 bridgehead atoms. The first-order chi connectivity index (χ1) is 16.9. The average Bonchev–Trinajstić information content (AvgIpc) is 2.86. The van der Waals surface area contributed by atoms with Crippen molar-refractivity contribution in [2.75, 3.05) is 41.7 Å². The summed E-state index contributed by atoms with van der Waals surface area (Å²) in [4.78, 5) is 30.4. The molecule has 0 amide bonds. The van der Waals surface area contributed by atoms with Crippen LogP contribution < -0.4 is 18.9 Å². The lowest BCUT2D eigenvalue weighted by Crippen LogP contribution is -2.17. The van der Waals surface area contributed by atoms with Crippen molar-refractivity contribution >= 4 is 22.8 Å². The van der Waals surface area contributed by atoms with Crippen LogP contribution in [0.3, 0.4) is 0 Å². The molecule has 186 valence electrons. The Morgan fingerprint density at radius 3 is 1.97 bits per heavy atom. The van der Waals surface area contributed by atoms with Crippen LogP contribution in [0, 0.1) is 0 Å². The second-order valence-corrected chi connectivity index (χ2v) is 7.30. The molecule has 0 aliphatic carbocycles.